The fourth-order valence-electron chi connectivity index (χ4n) is 1.51. The highest BCUT2D eigenvalue weighted by Crippen LogP contribution is 2.29. The Morgan fingerprint density at radius 3 is 2.88 bits per heavy atom. The van der Waals surface area contributed by atoms with Crippen molar-refractivity contribution in [3.8, 4) is 0 Å². The molecule has 17 heavy (non-hydrogen) atoms. The van der Waals surface area contributed by atoms with E-state index in [4.69, 9.17) is 0 Å². The van der Waals surface area contributed by atoms with Crippen molar-refractivity contribution in [1.82, 2.24) is 0 Å². The average Bonchev–Trinajstić information content (AvgIpc) is 2.71. The van der Waals surface area contributed by atoms with Crippen LogP contribution in [0.5, 0.6) is 0 Å². The molecule has 0 fully saturated rings. The number of nitrogens with zero attached hydrogens (tertiary/aromatic N) is 1. The summed E-state index contributed by atoms with van der Waals surface area (Å²) in [5.41, 5.74) is 0.919. The molecule has 1 atom stereocenters. The van der Waals surface area contributed by atoms with Gasteiger partial charge in [0.2, 0.25) is 0 Å². The summed E-state index contributed by atoms with van der Waals surface area (Å²) in [6, 6.07) is 4.73. The fourth-order valence-corrected chi connectivity index (χ4v) is 3.15. The number of thioether (sulfide) groups is 1. The van der Waals surface area contributed by atoms with Crippen LogP contribution < -0.4 is 5.32 Å². The van der Waals surface area contributed by atoms with Gasteiger partial charge in [-0.2, -0.15) is 0 Å². The maximum Gasteiger partial charge on any atom is 0.161 e. The molecule has 2 rings (SSSR count). The van der Waals surface area contributed by atoms with Crippen LogP contribution >= 0.6 is 34.4 Å². The molecular weight excluding hydrogens is 350 g/mol. The first-order chi connectivity index (χ1) is 8.06. The lowest BCUT2D eigenvalue weighted by Crippen LogP contribution is -2.13. The summed E-state index contributed by atoms with van der Waals surface area (Å²) in [6.45, 7) is 5.28. The van der Waals surface area contributed by atoms with E-state index in [1.807, 2.05) is 0 Å². The van der Waals surface area contributed by atoms with Crippen LogP contribution in [0.15, 0.2) is 23.2 Å². The maximum absolute atomic E-state index is 13.0. The van der Waals surface area contributed by atoms with Gasteiger partial charge in [-0.15, -0.1) is 0 Å². The van der Waals surface area contributed by atoms with E-state index in [0.717, 1.165) is 21.0 Å². The van der Waals surface area contributed by atoms with Gasteiger partial charge in [-0.1, -0.05) is 25.6 Å². The van der Waals surface area contributed by atoms with Crippen LogP contribution in [0.3, 0.4) is 0 Å². The van der Waals surface area contributed by atoms with E-state index in [2.05, 4.69) is 46.7 Å². The molecule has 1 aliphatic heterocycles. The van der Waals surface area contributed by atoms with Crippen LogP contribution in [0.25, 0.3) is 0 Å². The molecule has 0 saturated carbocycles. The van der Waals surface area contributed by atoms with Crippen molar-refractivity contribution in [1.29, 1.82) is 0 Å². The molecule has 1 aromatic rings. The highest BCUT2D eigenvalue weighted by atomic mass is 127. The van der Waals surface area contributed by atoms with E-state index in [9.17, 15) is 4.39 Å². The van der Waals surface area contributed by atoms with Crippen LogP contribution in [0, 0.1) is 15.3 Å². The second kappa shape index (κ2) is 5.56. The van der Waals surface area contributed by atoms with Gasteiger partial charge < -0.3 is 5.32 Å². The Hall–Kier alpha value is -0.300. The van der Waals surface area contributed by atoms with Gasteiger partial charge in [-0.25, -0.2) is 4.39 Å². The molecule has 1 aromatic carbocycles. The summed E-state index contributed by atoms with van der Waals surface area (Å²) in [5.74, 6) is 0.413. The minimum absolute atomic E-state index is 0.207. The van der Waals surface area contributed by atoms with Crippen molar-refractivity contribution < 1.29 is 4.39 Å². The molecule has 92 valence electrons. The molecule has 5 heteroatoms. The minimum atomic E-state index is -0.207. The first-order valence-electron chi connectivity index (χ1n) is 5.49. The number of aliphatic imine (C=N–C) groups is 1. The molecule has 1 heterocycles. The summed E-state index contributed by atoms with van der Waals surface area (Å²) in [7, 11) is 0. The topological polar surface area (TPSA) is 24.4 Å². The predicted molar refractivity (Wildman–Crippen MR) is 81.3 cm³/mol. The number of rotatable bonds is 2. The van der Waals surface area contributed by atoms with E-state index >= 15 is 0 Å². The Morgan fingerprint density at radius 1 is 1.53 bits per heavy atom. The lowest BCUT2D eigenvalue weighted by atomic mass is 10.1. The number of hydrogen-bond donors (Lipinski definition) is 1. The van der Waals surface area contributed by atoms with Gasteiger partial charge in [0.05, 0.1) is 12.2 Å². The third-order valence-corrected chi connectivity index (χ3v) is 4.94. The van der Waals surface area contributed by atoms with Crippen LogP contribution in [-0.2, 0) is 0 Å². The first-order valence-corrected chi connectivity index (χ1v) is 7.45. The molecule has 1 N–H and O–H groups in total. The van der Waals surface area contributed by atoms with Crippen molar-refractivity contribution in [2.24, 2.45) is 10.9 Å². The Labute approximate surface area is 119 Å². The molecular formula is C12H14FIN2S. The SMILES string of the molecule is CC(C)C1CN=C(Nc2ccc(F)cc2I)S1. The van der Waals surface area contributed by atoms with Gasteiger partial charge in [0.15, 0.2) is 5.17 Å². The smallest absolute Gasteiger partial charge is 0.161 e. The molecule has 1 aliphatic rings. The van der Waals surface area contributed by atoms with Crippen LogP contribution in [0.4, 0.5) is 10.1 Å². The third kappa shape index (κ3) is 3.34. The molecule has 0 spiro atoms. The lowest BCUT2D eigenvalue weighted by Gasteiger charge is -2.12. The van der Waals surface area contributed by atoms with Gasteiger partial charge in [0, 0.05) is 8.82 Å². The van der Waals surface area contributed by atoms with E-state index in [0.29, 0.717) is 11.2 Å². The van der Waals surface area contributed by atoms with Crippen molar-refractivity contribution in [3.63, 3.8) is 0 Å². The van der Waals surface area contributed by atoms with Crippen molar-refractivity contribution in [3.05, 3.63) is 27.6 Å². The minimum Gasteiger partial charge on any atom is -0.334 e. The molecule has 0 aliphatic carbocycles. The standard InChI is InChI=1S/C12H14FIN2S/c1-7(2)11-6-15-12(17-11)16-10-4-3-8(13)5-9(10)14/h3-5,7,11H,6H2,1-2H3,(H,15,16). The van der Waals surface area contributed by atoms with Crippen molar-refractivity contribution >= 4 is 45.2 Å². The molecule has 0 bridgehead atoms. The van der Waals surface area contributed by atoms with Crippen molar-refractivity contribution in [2.75, 3.05) is 11.9 Å². The van der Waals surface area contributed by atoms with Gasteiger partial charge in [0.25, 0.3) is 0 Å². The second-order valence-electron chi connectivity index (χ2n) is 4.30. The quantitative estimate of drug-likeness (QED) is 0.804. The molecule has 0 amide bonds. The largest absolute Gasteiger partial charge is 0.334 e. The predicted octanol–water partition coefficient (Wildman–Crippen LogP) is 3.97. The highest BCUT2D eigenvalue weighted by molar-refractivity contribution is 14.1. The second-order valence-corrected chi connectivity index (χ2v) is 6.69. The number of anilines is 1. The molecule has 0 radical (unpaired) electrons. The maximum atomic E-state index is 13.0. The zero-order valence-corrected chi connectivity index (χ0v) is 12.7. The average molecular weight is 364 g/mol. The normalized spacial score (nSPS) is 19.6. The number of benzene rings is 1. The number of hydrogen-bond acceptors (Lipinski definition) is 3. The number of halogens is 2. The van der Waals surface area contributed by atoms with E-state index in [1.54, 1.807) is 17.8 Å². The van der Waals surface area contributed by atoms with Gasteiger partial charge >= 0.3 is 0 Å². The summed E-state index contributed by atoms with van der Waals surface area (Å²) in [6.07, 6.45) is 0. The van der Waals surface area contributed by atoms with Crippen LogP contribution in [0.1, 0.15) is 13.8 Å². The Bertz CT molecular complexity index is 448. The third-order valence-electron chi connectivity index (χ3n) is 2.59. The van der Waals surface area contributed by atoms with Crippen LogP contribution in [0.2, 0.25) is 0 Å². The van der Waals surface area contributed by atoms with Gasteiger partial charge in [-0.05, 0) is 46.7 Å². The number of amidine groups is 1. The summed E-state index contributed by atoms with van der Waals surface area (Å²) in [4.78, 5) is 4.47. The first kappa shape index (κ1) is 13.1. The molecule has 1 unspecified atom stereocenters. The molecule has 0 aromatic heterocycles. The Kier molecular flexibility index (Phi) is 4.30. The highest BCUT2D eigenvalue weighted by Gasteiger charge is 2.22. The Balaban J connectivity index is 2.03. The Morgan fingerprint density at radius 2 is 2.29 bits per heavy atom. The summed E-state index contributed by atoms with van der Waals surface area (Å²) >= 11 is 3.89. The van der Waals surface area contributed by atoms with Gasteiger partial charge in [0.1, 0.15) is 5.82 Å². The van der Waals surface area contributed by atoms with Crippen LogP contribution in [-0.4, -0.2) is 17.0 Å². The zero-order chi connectivity index (χ0) is 12.4. The van der Waals surface area contributed by atoms with E-state index in [-0.39, 0.29) is 5.82 Å². The van der Waals surface area contributed by atoms with E-state index < -0.39 is 0 Å². The zero-order valence-electron chi connectivity index (χ0n) is 9.71. The summed E-state index contributed by atoms with van der Waals surface area (Å²) in [5, 5.41) is 4.75. The monoisotopic (exact) mass is 364 g/mol. The number of nitrogens with one attached hydrogen (secondary N) is 1. The molecule has 2 nitrogen and oxygen atoms in total. The lowest BCUT2D eigenvalue weighted by molar-refractivity contribution is 0.621. The fraction of sp³-hybridized carbons (Fsp3) is 0.417. The molecule has 0 saturated heterocycles. The van der Waals surface area contributed by atoms with E-state index in [1.165, 1.54) is 12.1 Å². The van der Waals surface area contributed by atoms with Gasteiger partial charge in [-0.3, -0.25) is 4.99 Å². The summed E-state index contributed by atoms with van der Waals surface area (Å²) < 4.78 is 13.8. The van der Waals surface area contributed by atoms with Crippen molar-refractivity contribution in [2.45, 2.75) is 19.1 Å².